The zero-order chi connectivity index (χ0) is 14.7. The molecule has 114 valence electrons. The second kappa shape index (κ2) is 6.72. The van der Waals surface area contributed by atoms with Gasteiger partial charge in [-0.1, -0.05) is 36.6 Å². The number of ketones is 1. The second-order valence-electron chi connectivity index (χ2n) is 6.11. The van der Waals surface area contributed by atoms with Gasteiger partial charge in [0.15, 0.2) is 0 Å². The smallest absolute Gasteiger partial charge is 0.146 e. The largest absolute Gasteiger partial charge is 0.375 e. The fraction of sp³-hybridized carbons (Fsp3) is 0.588. The Morgan fingerprint density at radius 1 is 1.33 bits per heavy atom. The molecule has 1 heterocycles. The Hall–Kier alpha value is -0.510. The van der Waals surface area contributed by atoms with Gasteiger partial charge in [0.25, 0.3) is 0 Å². The number of hydrogen-bond acceptors (Lipinski definition) is 3. The van der Waals surface area contributed by atoms with Crippen LogP contribution in [0, 0.1) is 5.92 Å². The van der Waals surface area contributed by atoms with Gasteiger partial charge in [0.05, 0.1) is 16.4 Å². The summed E-state index contributed by atoms with van der Waals surface area (Å²) in [6, 6.07) is 7.72. The number of Topliss-reactive ketones (excluding diaryl/α,β-unsaturated/α-hetero) is 1. The maximum Gasteiger partial charge on any atom is 0.146 e. The Morgan fingerprint density at radius 3 is 2.86 bits per heavy atom. The molecule has 4 heteroatoms. The molecule has 2 aliphatic rings. The Balaban J connectivity index is 1.57. The van der Waals surface area contributed by atoms with E-state index in [1.165, 1.54) is 12.8 Å². The van der Waals surface area contributed by atoms with Gasteiger partial charge in [-0.3, -0.25) is 4.79 Å². The van der Waals surface area contributed by atoms with E-state index in [9.17, 15) is 4.79 Å². The number of ether oxygens (including phenoxy) is 1. The molecule has 1 aromatic carbocycles. The van der Waals surface area contributed by atoms with E-state index in [-0.39, 0.29) is 11.5 Å². The van der Waals surface area contributed by atoms with E-state index in [1.807, 2.05) is 24.3 Å². The Morgan fingerprint density at radius 2 is 2.10 bits per heavy atom. The van der Waals surface area contributed by atoms with Crippen LogP contribution in [0.15, 0.2) is 29.2 Å². The van der Waals surface area contributed by atoms with Crippen LogP contribution in [0.1, 0.15) is 38.5 Å². The maximum absolute atomic E-state index is 12.5. The number of rotatable bonds is 4. The molecular formula is C17H21ClO2S. The van der Waals surface area contributed by atoms with Gasteiger partial charge in [-0.05, 0) is 37.8 Å². The van der Waals surface area contributed by atoms with Crippen molar-refractivity contribution in [1.29, 1.82) is 0 Å². The van der Waals surface area contributed by atoms with Crippen molar-refractivity contribution in [3.05, 3.63) is 29.3 Å². The van der Waals surface area contributed by atoms with Gasteiger partial charge in [0, 0.05) is 17.4 Å². The minimum absolute atomic E-state index is 0.0215. The SMILES string of the molecule is O=C(CSc1ccccc1Cl)C1CCOC2(CCCC2)C1. The van der Waals surface area contributed by atoms with E-state index >= 15 is 0 Å². The highest BCUT2D eigenvalue weighted by atomic mass is 35.5. The molecular weight excluding hydrogens is 304 g/mol. The van der Waals surface area contributed by atoms with Gasteiger partial charge in [0.2, 0.25) is 0 Å². The third-order valence-corrected chi connectivity index (χ3v) is 6.21. The third-order valence-electron chi connectivity index (χ3n) is 4.67. The normalized spacial score (nSPS) is 24.3. The molecule has 2 nitrogen and oxygen atoms in total. The molecule has 0 amide bonds. The summed E-state index contributed by atoms with van der Waals surface area (Å²) in [6.45, 7) is 0.743. The van der Waals surface area contributed by atoms with Crippen molar-refractivity contribution in [2.75, 3.05) is 12.4 Å². The predicted octanol–water partition coefficient (Wildman–Crippen LogP) is 4.74. The molecule has 1 aliphatic heterocycles. The first-order valence-electron chi connectivity index (χ1n) is 7.73. The number of carbonyl (C=O) groups excluding carboxylic acids is 1. The summed E-state index contributed by atoms with van der Waals surface area (Å²) in [6.07, 6.45) is 6.56. The molecule has 1 unspecified atom stereocenters. The van der Waals surface area contributed by atoms with Crippen molar-refractivity contribution in [3.8, 4) is 0 Å². The van der Waals surface area contributed by atoms with Gasteiger partial charge in [-0.2, -0.15) is 0 Å². The lowest BCUT2D eigenvalue weighted by Gasteiger charge is -2.37. The van der Waals surface area contributed by atoms with Gasteiger partial charge >= 0.3 is 0 Å². The number of hydrogen-bond donors (Lipinski definition) is 0. The summed E-state index contributed by atoms with van der Waals surface area (Å²) in [4.78, 5) is 13.5. The molecule has 1 spiro atoms. The third kappa shape index (κ3) is 3.64. The standard InChI is InChI=1S/C17H21ClO2S/c18-14-5-1-2-6-16(14)21-12-15(19)13-7-10-20-17(11-13)8-3-4-9-17/h1-2,5-6,13H,3-4,7-12H2. The van der Waals surface area contributed by atoms with Crippen LogP contribution in [0.2, 0.25) is 5.02 Å². The minimum atomic E-state index is 0.0215. The molecule has 0 bridgehead atoms. The van der Waals surface area contributed by atoms with Crippen molar-refractivity contribution in [3.63, 3.8) is 0 Å². The molecule has 1 atom stereocenters. The summed E-state index contributed by atoms with van der Waals surface area (Å²) >= 11 is 7.70. The van der Waals surface area contributed by atoms with Crippen LogP contribution in [-0.4, -0.2) is 23.7 Å². The van der Waals surface area contributed by atoms with Gasteiger partial charge in [-0.25, -0.2) is 0 Å². The monoisotopic (exact) mass is 324 g/mol. The van der Waals surface area contributed by atoms with Crippen LogP contribution in [0.4, 0.5) is 0 Å². The summed E-state index contributed by atoms with van der Waals surface area (Å²) in [5.74, 6) is 1.05. The fourth-order valence-corrected chi connectivity index (χ4v) is 4.71. The van der Waals surface area contributed by atoms with Crippen molar-refractivity contribution >= 4 is 29.1 Å². The Bertz CT molecular complexity index is 511. The molecule has 1 saturated heterocycles. The summed E-state index contributed by atoms with van der Waals surface area (Å²) in [5, 5.41) is 0.731. The zero-order valence-electron chi connectivity index (χ0n) is 12.1. The van der Waals surface area contributed by atoms with Crippen molar-refractivity contribution in [1.82, 2.24) is 0 Å². The molecule has 3 rings (SSSR count). The van der Waals surface area contributed by atoms with Crippen molar-refractivity contribution in [2.24, 2.45) is 5.92 Å². The molecule has 1 aliphatic carbocycles. The van der Waals surface area contributed by atoms with E-state index in [4.69, 9.17) is 16.3 Å². The van der Waals surface area contributed by atoms with E-state index in [0.29, 0.717) is 11.5 Å². The highest BCUT2D eigenvalue weighted by Crippen LogP contribution is 2.42. The maximum atomic E-state index is 12.5. The summed E-state index contributed by atoms with van der Waals surface area (Å²) < 4.78 is 6.01. The summed E-state index contributed by atoms with van der Waals surface area (Å²) in [7, 11) is 0. The van der Waals surface area contributed by atoms with Gasteiger partial charge in [0.1, 0.15) is 5.78 Å². The predicted molar refractivity (Wildman–Crippen MR) is 87.1 cm³/mol. The van der Waals surface area contributed by atoms with Crippen LogP contribution in [0.5, 0.6) is 0 Å². The van der Waals surface area contributed by atoms with Crippen LogP contribution in [0.3, 0.4) is 0 Å². The fourth-order valence-electron chi connectivity index (χ4n) is 3.50. The number of thioether (sulfide) groups is 1. The average Bonchev–Trinajstić information content (AvgIpc) is 2.94. The first-order chi connectivity index (χ1) is 10.2. The highest BCUT2D eigenvalue weighted by Gasteiger charge is 2.41. The molecule has 0 N–H and O–H groups in total. The molecule has 0 radical (unpaired) electrons. The molecule has 21 heavy (non-hydrogen) atoms. The Kier molecular flexibility index (Phi) is 4.92. The average molecular weight is 325 g/mol. The van der Waals surface area contributed by atoms with E-state index in [2.05, 4.69) is 0 Å². The second-order valence-corrected chi connectivity index (χ2v) is 7.54. The van der Waals surface area contributed by atoms with Crippen LogP contribution >= 0.6 is 23.4 Å². The van der Waals surface area contributed by atoms with E-state index in [0.717, 1.165) is 42.2 Å². The lowest BCUT2D eigenvalue weighted by atomic mass is 9.83. The Labute approximate surface area is 135 Å². The number of benzene rings is 1. The lowest BCUT2D eigenvalue weighted by molar-refractivity contribution is -0.134. The molecule has 2 fully saturated rings. The summed E-state index contributed by atoms with van der Waals surface area (Å²) in [5.41, 5.74) is 0.0215. The number of halogens is 1. The zero-order valence-corrected chi connectivity index (χ0v) is 13.7. The van der Waals surface area contributed by atoms with Crippen LogP contribution < -0.4 is 0 Å². The number of carbonyl (C=O) groups is 1. The van der Waals surface area contributed by atoms with Gasteiger partial charge in [-0.15, -0.1) is 11.8 Å². The molecule has 1 aromatic rings. The first kappa shape index (κ1) is 15.4. The topological polar surface area (TPSA) is 26.3 Å². The highest BCUT2D eigenvalue weighted by molar-refractivity contribution is 8.00. The molecule has 1 saturated carbocycles. The minimum Gasteiger partial charge on any atom is -0.375 e. The first-order valence-corrected chi connectivity index (χ1v) is 9.09. The van der Waals surface area contributed by atoms with E-state index in [1.54, 1.807) is 11.8 Å². The van der Waals surface area contributed by atoms with E-state index < -0.39 is 0 Å². The van der Waals surface area contributed by atoms with Gasteiger partial charge < -0.3 is 4.74 Å². The van der Waals surface area contributed by atoms with Crippen LogP contribution in [0.25, 0.3) is 0 Å². The quantitative estimate of drug-likeness (QED) is 0.748. The van der Waals surface area contributed by atoms with Crippen molar-refractivity contribution in [2.45, 2.75) is 49.0 Å². The van der Waals surface area contributed by atoms with Crippen molar-refractivity contribution < 1.29 is 9.53 Å². The van der Waals surface area contributed by atoms with Crippen LogP contribution in [-0.2, 0) is 9.53 Å². The lowest BCUT2D eigenvalue weighted by Crippen LogP contribution is -2.40. The molecule has 0 aromatic heterocycles.